The summed E-state index contributed by atoms with van der Waals surface area (Å²) in [5.41, 5.74) is 2.84. The number of hydrogen-bond acceptors (Lipinski definition) is 12. The van der Waals surface area contributed by atoms with Gasteiger partial charge in [0.25, 0.3) is 5.91 Å². The molecule has 2 aromatic heterocycles. The molecule has 2 fully saturated rings. The number of hydrogen-bond donors (Lipinski definition) is 3. The Morgan fingerprint density at radius 1 is 0.891 bits per heavy atom. The Hall–Kier alpha value is -5.06. The lowest BCUT2D eigenvalue weighted by Crippen LogP contribution is -2.40. The summed E-state index contributed by atoms with van der Waals surface area (Å²) in [5, 5.41) is 6.58. The van der Waals surface area contributed by atoms with E-state index in [0.717, 1.165) is 5.56 Å². The van der Waals surface area contributed by atoms with Crippen LogP contribution in [-0.4, -0.2) is 126 Å². The van der Waals surface area contributed by atoms with Crippen LogP contribution in [0.25, 0.3) is 11.3 Å². The normalized spacial score (nSPS) is 15.5. The first-order chi connectivity index (χ1) is 26.6. The van der Waals surface area contributed by atoms with Crippen LogP contribution in [-0.2, 0) is 38.1 Å². The van der Waals surface area contributed by atoms with E-state index in [1.165, 1.54) is 0 Å². The van der Waals surface area contributed by atoms with Crippen molar-refractivity contribution in [1.29, 1.82) is 0 Å². The molecule has 3 N–H and O–H groups in total. The van der Waals surface area contributed by atoms with Gasteiger partial charge in [0.1, 0.15) is 18.9 Å². The van der Waals surface area contributed by atoms with Gasteiger partial charge in [-0.1, -0.05) is 30.7 Å². The second-order valence-corrected chi connectivity index (χ2v) is 13.6. The second kappa shape index (κ2) is 20.6. The van der Waals surface area contributed by atoms with Crippen LogP contribution in [0.4, 0.5) is 5.95 Å². The van der Waals surface area contributed by atoms with Crippen molar-refractivity contribution < 1.29 is 42.9 Å². The number of halogens is 1. The summed E-state index contributed by atoms with van der Waals surface area (Å²) >= 11 is 6.25. The standard InChI is InChI=1S/C38H48ClN7O9/c1-3-29(23-54-34(49)9-7-32(47)45-11-15-52-16-12-45)42-38-41-21-25(2)36(44-38)27-20-30(40-22-27)37(51)43-31(26-5-4-6-28(39)19-26)24-55-35(50)10-8-33(48)46-13-17-53-18-14-46/h4-6,19-22,29,31,40H,3,7-18,23-24H2,1-2H3,(H,43,51)(H,41,42,44)/t29-,31+/m0/s1. The molecule has 16 nitrogen and oxygen atoms in total. The predicted octanol–water partition coefficient (Wildman–Crippen LogP) is 3.46. The molecule has 296 valence electrons. The van der Waals surface area contributed by atoms with Gasteiger partial charge in [0.2, 0.25) is 17.8 Å². The molecule has 0 spiro atoms. The van der Waals surface area contributed by atoms with Gasteiger partial charge < -0.3 is 44.4 Å². The van der Waals surface area contributed by atoms with Crippen LogP contribution in [0.2, 0.25) is 5.02 Å². The Morgan fingerprint density at radius 3 is 2.11 bits per heavy atom. The van der Waals surface area contributed by atoms with Crippen LogP contribution in [0.3, 0.4) is 0 Å². The molecule has 2 aliphatic rings. The Labute approximate surface area is 324 Å². The van der Waals surface area contributed by atoms with Gasteiger partial charge in [-0.15, -0.1) is 0 Å². The van der Waals surface area contributed by atoms with Crippen molar-refractivity contribution in [2.45, 2.75) is 58.0 Å². The number of benzene rings is 1. The highest BCUT2D eigenvalue weighted by molar-refractivity contribution is 6.30. The lowest BCUT2D eigenvalue weighted by molar-refractivity contribution is -0.147. The van der Waals surface area contributed by atoms with Crippen molar-refractivity contribution in [1.82, 2.24) is 30.1 Å². The van der Waals surface area contributed by atoms with Crippen molar-refractivity contribution in [3.63, 3.8) is 0 Å². The van der Waals surface area contributed by atoms with Crippen molar-refractivity contribution in [3.8, 4) is 11.3 Å². The first-order valence-electron chi connectivity index (χ1n) is 18.5. The van der Waals surface area contributed by atoms with Crippen LogP contribution in [0.1, 0.15) is 66.7 Å². The molecule has 2 atom stereocenters. The molecule has 4 heterocycles. The summed E-state index contributed by atoms with van der Waals surface area (Å²) in [6, 6.07) is 7.51. The van der Waals surface area contributed by atoms with Crippen molar-refractivity contribution in [2.24, 2.45) is 0 Å². The summed E-state index contributed by atoms with van der Waals surface area (Å²) < 4.78 is 21.5. The van der Waals surface area contributed by atoms with Gasteiger partial charge in [-0.3, -0.25) is 24.0 Å². The lowest BCUT2D eigenvalue weighted by atomic mass is 10.1. The Bertz CT molecular complexity index is 1790. The molecule has 0 saturated carbocycles. The van der Waals surface area contributed by atoms with E-state index in [4.69, 9.17) is 30.5 Å². The highest BCUT2D eigenvalue weighted by atomic mass is 35.5. The SMILES string of the molecule is CC[C@@H](COC(=O)CCC(=O)N1CCOCC1)Nc1ncc(C)c(-c2c[nH]c(C(=O)N[C@H](COC(=O)CCC(=O)N3CCOCC3)c3cccc(Cl)c3)c2)n1. The number of amides is 3. The smallest absolute Gasteiger partial charge is 0.306 e. The van der Waals surface area contributed by atoms with Crippen LogP contribution in [0.5, 0.6) is 0 Å². The lowest BCUT2D eigenvalue weighted by Gasteiger charge is -2.26. The fourth-order valence-electron chi connectivity index (χ4n) is 5.96. The van der Waals surface area contributed by atoms with Crippen molar-refractivity contribution in [3.05, 3.63) is 64.6 Å². The van der Waals surface area contributed by atoms with E-state index in [9.17, 15) is 24.0 Å². The molecule has 3 amide bonds. The summed E-state index contributed by atoms with van der Waals surface area (Å²) in [4.78, 5) is 78.9. The number of nitrogens with zero attached hydrogens (tertiary/aromatic N) is 4. The zero-order valence-corrected chi connectivity index (χ0v) is 31.9. The van der Waals surface area contributed by atoms with Gasteiger partial charge in [0.15, 0.2) is 0 Å². The minimum Gasteiger partial charge on any atom is -0.463 e. The number of aromatic amines is 1. The van der Waals surface area contributed by atoms with Gasteiger partial charge in [-0.25, -0.2) is 9.97 Å². The van der Waals surface area contributed by atoms with E-state index in [0.29, 0.717) is 86.8 Å². The number of aryl methyl sites for hydroxylation is 1. The topological polar surface area (TPSA) is 194 Å². The number of ether oxygens (including phenoxy) is 4. The van der Waals surface area contributed by atoms with Crippen LogP contribution >= 0.6 is 11.6 Å². The molecular weight excluding hydrogens is 734 g/mol. The first kappa shape index (κ1) is 41.1. The molecule has 17 heteroatoms. The zero-order chi connectivity index (χ0) is 39.2. The number of anilines is 1. The molecule has 2 saturated heterocycles. The first-order valence-corrected chi connectivity index (χ1v) is 18.8. The molecule has 0 aliphatic carbocycles. The molecule has 0 bridgehead atoms. The molecule has 1 aromatic carbocycles. The number of morpholine rings is 2. The monoisotopic (exact) mass is 781 g/mol. The molecule has 0 radical (unpaired) electrons. The summed E-state index contributed by atoms with van der Waals surface area (Å²) in [6.45, 7) is 7.65. The average Bonchev–Trinajstić information content (AvgIpc) is 3.71. The molecular formula is C38H48ClN7O9. The molecule has 3 aromatic rings. The van der Waals surface area contributed by atoms with E-state index >= 15 is 0 Å². The molecule has 5 rings (SSSR count). The highest BCUT2D eigenvalue weighted by Crippen LogP contribution is 2.24. The van der Waals surface area contributed by atoms with Gasteiger partial charge in [0.05, 0.1) is 57.0 Å². The van der Waals surface area contributed by atoms with E-state index < -0.39 is 23.9 Å². The van der Waals surface area contributed by atoms with Gasteiger partial charge >= 0.3 is 11.9 Å². The quantitative estimate of drug-likeness (QED) is 0.169. The van der Waals surface area contributed by atoms with Gasteiger partial charge in [0, 0.05) is 62.0 Å². The summed E-state index contributed by atoms with van der Waals surface area (Å²) in [6.07, 6.45) is 3.92. The molecule has 0 unspecified atom stereocenters. The number of H-pyrrole nitrogens is 1. The Morgan fingerprint density at radius 2 is 1.51 bits per heavy atom. The minimum absolute atomic E-state index is 0.00983. The number of carbonyl (C=O) groups excluding carboxylic acids is 5. The fourth-order valence-corrected chi connectivity index (χ4v) is 6.16. The minimum atomic E-state index is -0.737. The largest absolute Gasteiger partial charge is 0.463 e. The number of nitrogens with one attached hydrogen (secondary N) is 3. The fraction of sp³-hybridized carbons (Fsp3) is 0.500. The number of carbonyl (C=O) groups is 5. The Kier molecular flexibility index (Phi) is 15.4. The molecule has 2 aliphatic heterocycles. The summed E-state index contributed by atoms with van der Waals surface area (Å²) in [5.74, 6) is -1.40. The van der Waals surface area contributed by atoms with E-state index in [-0.39, 0.29) is 62.4 Å². The third kappa shape index (κ3) is 12.5. The van der Waals surface area contributed by atoms with Gasteiger partial charge in [-0.2, -0.15) is 0 Å². The van der Waals surface area contributed by atoms with Crippen LogP contribution < -0.4 is 10.6 Å². The van der Waals surface area contributed by atoms with Crippen molar-refractivity contribution >= 4 is 47.2 Å². The van der Waals surface area contributed by atoms with E-state index in [1.54, 1.807) is 52.5 Å². The third-order valence-corrected chi connectivity index (χ3v) is 9.46. The molecule has 55 heavy (non-hydrogen) atoms. The van der Waals surface area contributed by atoms with Crippen LogP contribution in [0.15, 0.2) is 42.7 Å². The number of rotatable bonds is 17. The third-order valence-electron chi connectivity index (χ3n) is 9.23. The predicted molar refractivity (Wildman–Crippen MR) is 201 cm³/mol. The van der Waals surface area contributed by atoms with Crippen molar-refractivity contribution in [2.75, 3.05) is 71.1 Å². The number of aromatic nitrogens is 3. The average molecular weight is 782 g/mol. The number of esters is 2. The maximum Gasteiger partial charge on any atom is 0.306 e. The van der Waals surface area contributed by atoms with Gasteiger partial charge in [-0.05, 0) is 42.7 Å². The van der Waals surface area contributed by atoms with Crippen LogP contribution in [0, 0.1) is 6.92 Å². The Balaban J connectivity index is 1.16. The van der Waals surface area contributed by atoms with E-state index in [1.807, 2.05) is 13.8 Å². The summed E-state index contributed by atoms with van der Waals surface area (Å²) in [7, 11) is 0. The highest BCUT2D eigenvalue weighted by Gasteiger charge is 2.23. The maximum atomic E-state index is 13.5. The zero-order valence-electron chi connectivity index (χ0n) is 31.1. The maximum absolute atomic E-state index is 13.5. The van der Waals surface area contributed by atoms with E-state index in [2.05, 4.69) is 25.6 Å². The second-order valence-electron chi connectivity index (χ2n) is 13.2.